The van der Waals surface area contributed by atoms with Crippen LogP contribution in [-0.2, 0) is 4.79 Å². The molecule has 150 valence electrons. The second-order valence-electron chi connectivity index (χ2n) is 6.59. The van der Waals surface area contributed by atoms with Crippen molar-refractivity contribution >= 4 is 41.3 Å². The molecular weight excluding hydrogens is 408 g/mol. The molecule has 3 amide bonds. The number of aromatic carboxylic acids is 1. The number of hydrogen-bond acceptors (Lipinski definition) is 4. The van der Waals surface area contributed by atoms with E-state index in [4.69, 9.17) is 16.0 Å². The smallest absolute Gasteiger partial charge is 0.335 e. The Kier molecular flexibility index (Phi) is 4.89. The zero-order valence-corrected chi connectivity index (χ0v) is 16.4. The molecule has 0 bridgehead atoms. The highest BCUT2D eigenvalue weighted by atomic mass is 35.5. The summed E-state index contributed by atoms with van der Waals surface area (Å²) >= 11 is 5.86. The topological polar surface area (TPSA) is 99.9 Å². The average molecular weight is 423 g/mol. The van der Waals surface area contributed by atoms with Crippen LogP contribution in [0.25, 0.3) is 17.4 Å². The van der Waals surface area contributed by atoms with Crippen LogP contribution in [0.4, 0.5) is 10.5 Å². The molecule has 2 aromatic carbocycles. The number of imide groups is 1. The van der Waals surface area contributed by atoms with Gasteiger partial charge in [0.2, 0.25) is 0 Å². The normalized spacial score (nSPS) is 15.0. The molecule has 1 saturated heterocycles. The van der Waals surface area contributed by atoms with E-state index in [2.05, 4.69) is 5.32 Å². The zero-order valence-electron chi connectivity index (χ0n) is 15.7. The molecule has 3 aromatic rings. The number of furan rings is 1. The van der Waals surface area contributed by atoms with Crippen LogP contribution in [0.5, 0.6) is 0 Å². The molecule has 7 nitrogen and oxygen atoms in total. The summed E-state index contributed by atoms with van der Waals surface area (Å²) < 4.78 is 5.78. The van der Waals surface area contributed by atoms with Gasteiger partial charge in [-0.05, 0) is 55.0 Å². The lowest BCUT2D eigenvalue weighted by atomic mass is 10.0. The second-order valence-corrected chi connectivity index (χ2v) is 7.03. The second kappa shape index (κ2) is 7.53. The first-order valence-corrected chi connectivity index (χ1v) is 9.29. The van der Waals surface area contributed by atoms with Gasteiger partial charge in [0, 0.05) is 16.7 Å². The molecule has 0 unspecified atom stereocenters. The summed E-state index contributed by atoms with van der Waals surface area (Å²) in [5.41, 5.74) is 1.83. The molecule has 0 spiro atoms. The maximum atomic E-state index is 12.7. The average Bonchev–Trinajstić information content (AvgIpc) is 3.27. The summed E-state index contributed by atoms with van der Waals surface area (Å²) in [6.07, 6.45) is 1.43. The van der Waals surface area contributed by atoms with E-state index < -0.39 is 17.9 Å². The van der Waals surface area contributed by atoms with E-state index in [1.54, 1.807) is 55.5 Å². The standard InChI is InChI=1S/C22H15ClN2O5/c1-12-16(3-2-4-17(12)21(27)28)19-10-9-15(30-19)11-18-20(26)25(22(29)24-18)14-7-5-13(23)6-8-14/h2-11H,1H3,(H,24,29)(H,27,28)/b18-11-. The van der Waals surface area contributed by atoms with Crippen molar-refractivity contribution in [3.63, 3.8) is 0 Å². The Labute approximate surface area is 176 Å². The zero-order chi connectivity index (χ0) is 21.4. The fraction of sp³-hybridized carbons (Fsp3) is 0.0455. The van der Waals surface area contributed by atoms with Gasteiger partial charge in [-0.3, -0.25) is 4.79 Å². The van der Waals surface area contributed by atoms with Crippen molar-refractivity contribution in [3.8, 4) is 11.3 Å². The van der Waals surface area contributed by atoms with Gasteiger partial charge >= 0.3 is 12.0 Å². The van der Waals surface area contributed by atoms with Crippen molar-refractivity contribution < 1.29 is 23.9 Å². The number of anilines is 1. The first-order chi connectivity index (χ1) is 14.3. The van der Waals surface area contributed by atoms with Crippen LogP contribution in [0.1, 0.15) is 21.7 Å². The Bertz CT molecular complexity index is 1210. The minimum Gasteiger partial charge on any atom is -0.478 e. The number of carbonyl (C=O) groups excluding carboxylic acids is 2. The third kappa shape index (κ3) is 3.46. The Morgan fingerprint density at radius 2 is 1.83 bits per heavy atom. The third-order valence-electron chi connectivity index (χ3n) is 4.71. The van der Waals surface area contributed by atoms with E-state index >= 15 is 0 Å². The van der Waals surface area contributed by atoms with E-state index in [1.807, 2.05) is 0 Å². The van der Waals surface area contributed by atoms with Crippen molar-refractivity contribution in [1.82, 2.24) is 5.32 Å². The molecule has 0 radical (unpaired) electrons. The molecular formula is C22H15ClN2O5. The number of nitrogens with zero attached hydrogens (tertiary/aromatic N) is 1. The van der Waals surface area contributed by atoms with Crippen molar-refractivity contribution in [2.24, 2.45) is 0 Å². The fourth-order valence-electron chi connectivity index (χ4n) is 3.21. The molecule has 1 fully saturated rings. The van der Waals surface area contributed by atoms with E-state index in [9.17, 15) is 19.5 Å². The number of urea groups is 1. The van der Waals surface area contributed by atoms with Crippen LogP contribution in [0.15, 0.2) is 64.7 Å². The monoisotopic (exact) mass is 422 g/mol. The maximum absolute atomic E-state index is 12.7. The number of carboxylic acid groups (broad SMARTS) is 1. The summed E-state index contributed by atoms with van der Waals surface area (Å²) in [6, 6.07) is 14.0. The number of hydrogen-bond donors (Lipinski definition) is 2. The predicted molar refractivity (Wildman–Crippen MR) is 111 cm³/mol. The molecule has 1 aliphatic rings. The lowest BCUT2D eigenvalue weighted by Crippen LogP contribution is -2.30. The Balaban J connectivity index is 1.63. The van der Waals surface area contributed by atoms with E-state index in [0.717, 1.165) is 4.90 Å². The van der Waals surface area contributed by atoms with Crippen LogP contribution in [0.2, 0.25) is 5.02 Å². The SMILES string of the molecule is Cc1c(C(=O)O)cccc1-c1ccc(/C=C2\NC(=O)N(c3ccc(Cl)cc3)C2=O)o1. The Morgan fingerprint density at radius 3 is 2.53 bits per heavy atom. The molecule has 2 N–H and O–H groups in total. The summed E-state index contributed by atoms with van der Waals surface area (Å²) in [5.74, 6) is -0.755. The van der Waals surface area contributed by atoms with Crippen molar-refractivity contribution in [2.75, 3.05) is 4.90 Å². The van der Waals surface area contributed by atoms with Crippen LogP contribution in [0, 0.1) is 6.92 Å². The molecule has 8 heteroatoms. The lowest BCUT2D eigenvalue weighted by molar-refractivity contribution is -0.113. The summed E-state index contributed by atoms with van der Waals surface area (Å²) in [6.45, 7) is 1.70. The number of carbonyl (C=O) groups is 3. The molecule has 1 aliphatic heterocycles. The molecule has 0 saturated carbocycles. The third-order valence-corrected chi connectivity index (χ3v) is 4.96. The van der Waals surface area contributed by atoms with Gasteiger partial charge in [-0.2, -0.15) is 0 Å². The molecule has 4 rings (SSSR count). The molecule has 1 aromatic heterocycles. The van der Waals surface area contributed by atoms with Gasteiger partial charge < -0.3 is 14.8 Å². The van der Waals surface area contributed by atoms with E-state index in [1.165, 1.54) is 12.1 Å². The Hall–Kier alpha value is -3.84. The van der Waals surface area contributed by atoms with Crippen molar-refractivity contribution in [2.45, 2.75) is 6.92 Å². The van der Waals surface area contributed by atoms with Crippen LogP contribution in [0.3, 0.4) is 0 Å². The Morgan fingerprint density at radius 1 is 1.10 bits per heavy atom. The molecule has 0 aliphatic carbocycles. The van der Waals surface area contributed by atoms with Crippen LogP contribution >= 0.6 is 11.6 Å². The summed E-state index contributed by atoms with van der Waals surface area (Å²) in [5, 5.41) is 12.3. The highest BCUT2D eigenvalue weighted by Gasteiger charge is 2.35. The van der Waals surface area contributed by atoms with E-state index in [0.29, 0.717) is 33.4 Å². The minimum atomic E-state index is -1.02. The number of carboxylic acids is 1. The van der Waals surface area contributed by atoms with Crippen LogP contribution in [-0.4, -0.2) is 23.0 Å². The summed E-state index contributed by atoms with van der Waals surface area (Å²) in [4.78, 5) is 37.3. The number of amides is 3. The van der Waals surface area contributed by atoms with Crippen LogP contribution < -0.4 is 10.2 Å². The fourth-order valence-corrected chi connectivity index (χ4v) is 3.34. The van der Waals surface area contributed by atoms with Gasteiger partial charge in [0.25, 0.3) is 5.91 Å². The number of benzene rings is 2. The van der Waals surface area contributed by atoms with E-state index in [-0.39, 0.29) is 11.3 Å². The highest BCUT2D eigenvalue weighted by Crippen LogP contribution is 2.29. The first-order valence-electron chi connectivity index (χ1n) is 8.91. The molecule has 0 atom stereocenters. The van der Waals surface area contributed by atoms with Gasteiger partial charge in [0.05, 0.1) is 11.3 Å². The van der Waals surface area contributed by atoms with Gasteiger partial charge in [0.15, 0.2) is 0 Å². The quantitative estimate of drug-likeness (QED) is 0.468. The predicted octanol–water partition coefficient (Wildman–Crippen LogP) is 4.70. The number of rotatable bonds is 4. The number of nitrogens with one attached hydrogen (secondary N) is 1. The van der Waals surface area contributed by atoms with Gasteiger partial charge in [-0.25, -0.2) is 14.5 Å². The maximum Gasteiger partial charge on any atom is 0.335 e. The van der Waals surface area contributed by atoms with Gasteiger partial charge in [0.1, 0.15) is 17.2 Å². The van der Waals surface area contributed by atoms with Crippen molar-refractivity contribution in [1.29, 1.82) is 0 Å². The van der Waals surface area contributed by atoms with Gasteiger partial charge in [-0.1, -0.05) is 23.7 Å². The summed E-state index contributed by atoms with van der Waals surface area (Å²) in [7, 11) is 0. The lowest BCUT2D eigenvalue weighted by Gasteiger charge is -2.11. The minimum absolute atomic E-state index is 0.0619. The van der Waals surface area contributed by atoms with Crippen molar-refractivity contribution in [3.05, 3.63) is 82.2 Å². The number of halogens is 1. The first kappa shape index (κ1) is 19.5. The van der Waals surface area contributed by atoms with Gasteiger partial charge in [-0.15, -0.1) is 0 Å². The highest BCUT2D eigenvalue weighted by molar-refractivity contribution is 6.31. The molecule has 30 heavy (non-hydrogen) atoms. The largest absolute Gasteiger partial charge is 0.478 e. The molecule has 2 heterocycles.